The molecule has 3 aromatic rings. The number of fused-ring (bicyclic) bond motifs is 1. The molecule has 1 heterocycles. The molecule has 1 atom stereocenters. The number of hydrogen-bond donors (Lipinski definition) is 1. The lowest BCUT2D eigenvalue weighted by atomic mass is 10.0. The molecule has 0 saturated heterocycles. The molecule has 0 aliphatic heterocycles. The van der Waals surface area contributed by atoms with Crippen LogP contribution in [0.3, 0.4) is 0 Å². The van der Waals surface area contributed by atoms with E-state index in [1.54, 1.807) is 6.07 Å². The third-order valence-electron chi connectivity index (χ3n) is 3.36. The molecule has 0 fully saturated rings. The summed E-state index contributed by atoms with van der Waals surface area (Å²) in [5.41, 5.74) is 8.80. The Balaban J connectivity index is 1.85. The Morgan fingerprint density at radius 1 is 1.00 bits per heavy atom. The van der Waals surface area contributed by atoms with Crippen LogP contribution in [-0.4, -0.2) is 4.98 Å². The molecule has 0 aliphatic rings. The minimum absolute atomic E-state index is 0.251. The zero-order valence-corrected chi connectivity index (χ0v) is 11.0. The summed E-state index contributed by atoms with van der Waals surface area (Å²) in [6.45, 7) is 0. The molecule has 0 amide bonds. The topological polar surface area (TPSA) is 38.9 Å². The summed E-state index contributed by atoms with van der Waals surface area (Å²) in [6.07, 6.45) is 0.592. The SMILES string of the molecule is NC(Cc1ccc2ccccc2n1)c1cccc(F)c1. The van der Waals surface area contributed by atoms with E-state index in [0.717, 1.165) is 22.2 Å². The van der Waals surface area contributed by atoms with Gasteiger partial charge in [0.15, 0.2) is 0 Å². The van der Waals surface area contributed by atoms with E-state index < -0.39 is 0 Å². The summed E-state index contributed by atoms with van der Waals surface area (Å²) < 4.78 is 13.2. The van der Waals surface area contributed by atoms with E-state index >= 15 is 0 Å². The maximum Gasteiger partial charge on any atom is 0.123 e. The first kappa shape index (κ1) is 12.8. The molecule has 0 saturated carbocycles. The highest BCUT2D eigenvalue weighted by atomic mass is 19.1. The zero-order chi connectivity index (χ0) is 13.9. The van der Waals surface area contributed by atoms with E-state index in [9.17, 15) is 4.39 Å². The molecule has 20 heavy (non-hydrogen) atoms. The molecular weight excluding hydrogens is 251 g/mol. The third kappa shape index (κ3) is 2.68. The van der Waals surface area contributed by atoms with Gasteiger partial charge in [-0.25, -0.2) is 4.39 Å². The minimum atomic E-state index is -0.260. The van der Waals surface area contributed by atoms with E-state index in [-0.39, 0.29) is 11.9 Å². The van der Waals surface area contributed by atoms with Crippen LogP contribution in [0.2, 0.25) is 0 Å². The molecule has 0 bridgehead atoms. The Bertz CT molecular complexity index is 740. The first-order valence-electron chi connectivity index (χ1n) is 6.58. The summed E-state index contributed by atoms with van der Waals surface area (Å²) in [6, 6.07) is 18.1. The number of para-hydroxylation sites is 1. The van der Waals surface area contributed by atoms with E-state index in [2.05, 4.69) is 4.98 Å². The van der Waals surface area contributed by atoms with Crippen LogP contribution in [0.1, 0.15) is 17.3 Å². The number of aromatic nitrogens is 1. The number of benzene rings is 2. The predicted octanol–water partition coefficient (Wildman–Crippen LogP) is 3.62. The minimum Gasteiger partial charge on any atom is -0.324 e. The van der Waals surface area contributed by atoms with Gasteiger partial charge in [0, 0.05) is 23.5 Å². The van der Waals surface area contributed by atoms with E-state index in [1.807, 2.05) is 42.5 Å². The first-order valence-corrected chi connectivity index (χ1v) is 6.58. The zero-order valence-electron chi connectivity index (χ0n) is 11.0. The second-order valence-electron chi connectivity index (χ2n) is 4.86. The van der Waals surface area contributed by atoms with Crippen molar-refractivity contribution in [2.24, 2.45) is 5.73 Å². The summed E-state index contributed by atoms with van der Waals surface area (Å²) in [5.74, 6) is -0.260. The molecule has 3 rings (SSSR count). The van der Waals surface area contributed by atoms with Gasteiger partial charge in [-0.3, -0.25) is 4.98 Å². The Hall–Kier alpha value is -2.26. The van der Waals surface area contributed by atoms with Crippen molar-refractivity contribution in [1.82, 2.24) is 4.98 Å². The summed E-state index contributed by atoms with van der Waals surface area (Å²) in [5, 5.41) is 1.11. The van der Waals surface area contributed by atoms with E-state index in [4.69, 9.17) is 5.73 Å². The number of pyridine rings is 1. The van der Waals surface area contributed by atoms with Gasteiger partial charge in [0.25, 0.3) is 0 Å². The molecule has 2 aromatic carbocycles. The summed E-state index contributed by atoms with van der Waals surface area (Å²) in [4.78, 5) is 4.59. The van der Waals surface area contributed by atoms with Crippen molar-refractivity contribution in [1.29, 1.82) is 0 Å². The smallest absolute Gasteiger partial charge is 0.123 e. The van der Waals surface area contributed by atoms with Crippen LogP contribution >= 0.6 is 0 Å². The van der Waals surface area contributed by atoms with E-state index in [1.165, 1.54) is 12.1 Å². The van der Waals surface area contributed by atoms with Gasteiger partial charge in [-0.2, -0.15) is 0 Å². The monoisotopic (exact) mass is 266 g/mol. The van der Waals surface area contributed by atoms with Crippen molar-refractivity contribution in [3.8, 4) is 0 Å². The average Bonchev–Trinajstić information content (AvgIpc) is 2.47. The van der Waals surface area contributed by atoms with Crippen LogP contribution in [0, 0.1) is 5.82 Å². The number of rotatable bonds is 3. The van der Waals surface area contributed by atoms with Crippen LogP contribution in [0.4, 0.5) is 4.39 Å². The molecule has 100 valence electrons. The van der Waals surface area contributed by atoms with Gasteiger partial charge in [-0.05, 0) is 29.8 Å². The third-order valence-corrected chi connectivity index (χ3v) is 3.36. The highest BCUT2D eigenvalue weighted by Crippen LogP contribution is 2.18. The standard InChI is InChI=1S/C17H15FN2/c18-14-6-3-5-13(10-14)16(19)11-15-9-8-12-4-1-2-7-17(12)20-15/h1-10,16H,11,19H2. The van der Waals surface area contributed by atoms with Crippen LogP contribution in [-0.2, 0) is 6.42 Å². The molecule has 2 N–H and O–H groups in total. The van der Waals surface area contributed by atoms with Crippen molar-refractivity contribution in [3.63, 3.8) is 0 Å². The molecule has 1 unspecified atom stereocenters. The number of hydrogen-bond acceptors (Lipinski definition) is 2. The van der Waals surface area contributed by atoms with Crippen molar-refractivity contribution in [2.75, 3.05) is 0 Å². The molecule has 0 aliphatic carbocycles. The number of halogens is 1. The van der Waals surface area contributed by atoms with Gasteiger partial charge in [0.2, 0.25) is 0 Å². The Morgan fingerprint density at radius 3 is 2.70 bits per heavy atom. The van der Waals surface area contributed by atoms with Crippen molar-refractivity contribution < 1.29 is 4.39 Å². The predicted molar refractivity (Wildman–Crippen MR) is 78.8 cm³/mol. The molecule has 1 aromatic heterocycles. The molecular formula is C17H15FN2. The van der Waals surface area contributed by atoms with Gasteiger partial charge in [0.05, 0.1) is 5.52 Å². The number of nitrogens with two attached hydrogens (primary N) is 1. The Labute approximate surface area is 117 Å². The Kier molecular flexibility index (Phi) is 3.44. The van der Waals surface area contributed by atoms with Crippen LogP contribution < -0.4 is 5.73 Å². The molecule has 2 nitrogen and oxygen atoms in total. The summed E-state index contributed by atoms with van der Waals surface area (Å²) >= 11 is 0. The molecule has 3 heteroatoms. The molecule has 0 spiro atoms. The average molecular weight is 266 g/mol. The van der Waals surface area contributed by atoms with Crippen molar-refractivity contribution in [2.45, 2.75) is 12.5 Å². The largest absolute Gasteiger partial charge is 0.324 e. The van der Waals surface area contributed by atoms with Crippen LogP contribution in [0.25, 0.3) is 10.9 Å². The van der Waals surface area contributed by atoms with Crippen molar-refractivity contribution in [3.05, 3.63) is 77.7 Å². The van der Waals surface area contributed by atoms with Crippen molar-refractivity contribution >= 4 is 10.9 Å². The fourth-order valence-electron chi connectivity index (χ4n) is 2.30. The normalized spacial score (nSPS) is 12.5. The van der Waals surface area contributed by atoms with Gasteiger partial charge in [-0.15, -0.1) is 0 Å². The second-order valence-corrected chi connectivity index (χ2v) is 4.86. The van der Waals surface area contributed by atoms with Gasteiger partial charge in [-0.1, -0.05) is 36.4 Å². The summed E-state index contributed by atoms with van der Waals surface area (Å²) in [7, 11) is 0. The lowest BCUT2D eigenvalue weighted by molar-refractivity contribution is 0.618. The lowest BCUT2D eigenvalue weighted by Gasteiger charge is -2.12. The number of nitrogens with zero attached hydrogens (tertiary/aromatic N) is 1. The van der Waals surface area contributed by atoms with Gasteiger partial charge in [0.1, 0.15) is 5.82 Å². The fourth-order valence-corrected chi connectivity index (χ4v) is 2.30. The highest BCUT2D eigenvalue weighted by molar-refractivity contribution is 5.78. The second kappa shape index (κ2) is 5.39. The quantitative estimate of drug-likeness (QED) is 0.786. The van der Waals surface area contributed by atoms with Crippen LogP contribution in [0.15, 0.2) is 60.7 Å². The van der Waals surface area contributed by atoms with Crippen LogP contribution in [0.5, 0.6) is 0 Å². The van der Waals surface area contributed by atoms with E-state index in [0.29, 0.717) is 6.42 Å². The van der Waals surface area contributed by atoms with Gasteiger partial charge < -0.3 is 5.73 Å². The lowest BCUT2D eigenvalue weighted by Crippen LogP contribution is -2.14. The maximum absolute atomic E-state index is 13.2. The highest BCUT2D eigenvalue weighted by Gasteiger charge is 2.09. The first-order chi connectivity index (χ1) is 9.72. The Morgan fingerprint density at radius 2 is 1.85 bits per heavy atom. The maximum atomic E-state index is 13.2. The fraction of sp³-hybridized carbons (Fsp3) is 0.118. The van der Waals surface area contributed by atoms with Gasteiger partial charge >= 0.3 is 0 Å². The molecule has 0 radical (unpaired) electrons.